The highest BCUT2D eigenvalue weighted by molar-refractivity contribution is 5.88. The van der Waals surface area contributed by atoms with Crippen molar-refractivity contribution >= 4 is 16.9 Å². The van der Waals surface area contributed by atoms with Crippen LogP contribution in [0.4, 0.5) is 27.8 Å². The van der Waals surface area contributed by atoms with Crippen LogP contribution < -0.4 is 4.90 Å². The van der Waals surface area contributed by atoms with Gasteiger partial charge in [0.15, 0.2) is 5.82 Å². The maximum absolute atomic E-state index is 14.1. The fourth-order valence-electron chi connectivity index (χ4n) is 4.11. The number of hydrogen-bond acceptors (Lipinski definition) is 4. The molecule has 5 rings (SSSR count). The summed E-state index contributed by atoms with van der Waals surface area (Å²) in [5.74, 6) is -0.496. The Kier molecular flexibility index (Phi) is 4.83. The second-order valence-corrected chi connectivity index (χ2v) is 7.69. The van der Waals surface area contributed by atoms with Crippen molar-refractivity contribution in [2.45, 2.75) is 24.9 Å². The monoisotopic (exact) mass is 448 g/mol. The number of aromatic nitrogens is 5. The van der Waals surface area contributed by atoms with Gasteiger partial charge >= 0.3 is 6.18 Å². The highest BCUT2D eigenvalue weighted by Gasteiger charge is 2.34. The minimum absolute atomic E-state index is 0.0518. The summed E-state index contributed by atoms with van der Waals surface area (Å²) in [5, 5.41) is 0.350. The number of piperidine rings is 1. The van der Waals surface area contributed by atoms with E-state index in [1.54, 1.807) is 0 Å². The molecule has 0 aliphatic carbocycles. The number of anilines is 1. The van der Waals surface area contributed by atoms with Crippen LogP contribution in [0, 0.1) is 11.6 Å². The normalized spacial score (nSPS) is 15.6. The summed E-state index contributed by atoms with van der Waals surface area (Å²) in [7, 11) is 0. The van der Waals surface area contributed by atoms with Crippen molar-refractivity contribution in [1.29, 1.82) is 0 Å². The van der Waals surface area contributed by atoms with Crippen LogP contribution in [0.2, 0.25) is 0 Å². The zero-order valence-electron chi connectivity index (χ0n) is 16.5. The van der Waals surface area contributed by atoms with E-state index in [0.29, 0.717) is 54.3 Å². The molecule has 1 aliphatic heterocycles. The molecule has 0 radical (unpaired) electrons. The van der Waals surface area contributed by atoms with E-state index in [2.05, 4.69) is 24.9 Å². The number of hydrogen-bond donors (Lipinski definition) is 2. The number of alkyl halides is 3. The maximum Gasteiger partial charge on any atom is 0.419 e. The van der Waals surface area contributed by atoms with Crippen LogP contribution in [0.25, 0.3) is 22.3 Å². The Morgan fingerprint density at radius 1 is 1.00 bits per heavy atom. The first-order valence-electron chi connectivity index (χ1n) is 9.96. The molecule has 0 saturated carbocycles. The lowest BCUT2D eigenvalue weighted by Gasteiger charge is -2.32. The fraction of sp³-hybridized carbons (Fsp3) is 0.286. The number of rotatable bonds is 3. The van der Waals surface area contributed by atoms with Crippen LogP contribution in [-0.4, -0.2) is 38.0 Å². The van der Waals surface area contributed by atoms with E-state index in [1.807, 2.05) is 4.90 Å². The van der Waals surface area contributed by atoms with Gasteiger partial charge in [0.25, 0.3) is 0 Å². The molecule has 3 aromatic heterocycles. The topological polar surface area (TPSA) is 73.5 Å². The number of halogens is 5. The third-order valence-electron chi connectivity index (χ3n) is 5.76. The van der Waals surface area contributed by atoms with Gasteiger partial charge in [-0.05, 0) is 31.0 Å². The molecule has 0 spiro atoms. The number of aromatic amines is 2. The summed E-state index contributed by atoms with van der Waals surface area (Å²) < 4.78 is 66.8. The first kappa shape index (κ1) is 20.4. The number of fused-ring (bicyclic) bond motifs is 1. The van der Waals surface area contributed by atoms with Crippen LogP contribution >= 0.6 is 0 Å². The van der Waals surface area contributed by atoms with Crippen molar-refractivity contribution in [2.24, 2.45) is 0 Å². The van der Waals surface area contributed by atoms with Gasteiger partial charge in [-0.15, -0.1) is 0 Å². The predicted octanol–water partition coefficient (Wildman–Crippen LogP) is 5.03. The fourth-order valence-corrected chi connectivity index (χ4v) is 4.11. The highest BCUT2D eigenvalue weighted by Crippen LogP contribution is 2.35. The van der Waals surface area contributed by atoms with Crippen LogP contribution in [0.15, 0.2) is 36.9 Å². The first-order chi connectivity index (χ1) is 15.3. The Labute approximate surface area is 178 Å². The molecule has 0 amide bonds. The predicted molar refractivity (Wildman–Crippen MR) is 107 cm³/mol. The van der Waals surface area contributed by atoms with Gasteiger partial charge in [0.1, 0.15) is 29.4 Å². The minimum atomic E-state index is -4.78. The van der Waals surface area contributed by atoms with Crippen LogP contribution in [0.5, 0.6) is 0 Å². The SMILES string of the molecule is Fc1ccc(-c2cnc(C3CCN(c4ncnc5[nH]cc(F)c45)CC3)[nH]2)cc1C(F)(F)F. The smallest absolute Gasteiger partial charge is 0.356 e. The molecule has 1 aromatic carbocycles. The van der Waals surface area contributed by atoms with Gasteiger partial charge in [-0.3, -0.25) is 0 Å². The lowest BCUT2D eigenvalue weighted by Crippen LogP contribution is -2.34. The average Bonchev–Trinajstić information content (AvgIpc) is 3.41. The molecule has 0 unspecified atom stereocenters. The number of imidazole rings is 1. The average molecular weight is 448 g/mol. The van der Waals surface area contributed by atoms with E-state index >= 15 is 0 Å². The number of H-pyrrole nitrogens is 2. The highest BCUT2D eigenvalue weighted by atomic mass is 19.4. The Morgan fingerprint density at radius 3 is 2.53 bits per heavy atom. The molecule has 1 saturated heterocycles. The van der Waals surface area contributed by atoms with Crippen molar-refractivity contribution in [2.75, 3.05) is 18.0 Å². The van der Waals surface area contributed by atoms with Gasteiger partial charge in [0.2, 0.25) is 0 Å². The van der Waals surface area contributed by atoms with Crippen molar-refractivity contribution in [3.05, 3.63) is 59.9 Å². The van der Waals surface area contributed by atoms with Crippen molar-refractivity contribution in [1.82, 2.24) is 24.9 Å². The van der Waals surface area contributed by atoms with E-state index in [9.17, 15) is 22.0 Å². The Bertz CT molecular complexity index is 1270. The van der Waals surface area contributed by atoms with E-state index in [4.69, 9.17) is 0 Å². The van der Waals surface area contributed by atoms with E-state index < -0.39 is 23.4 Å². The maximum atomic E-state index is 14.1. The van der Waals surface area contributed by atoms with Crippen molar-refractivity contribution < 1.29 is 22.0 Å². The summed E-state index contributed by atoms with van der Waals surface area (Å²) in [6.45, 7) is 1.21. The van der Waals surface area contributed by atoms with E-state index in [-0.39, 0.29) is 11.5 Å². The molecule has 32 heavy (non-hydrogen) atoms. The molecule has 166 valence electrons. The summed E-state index contributed by atoms with van der Waals surface area (Å²) in [6, 6.07) is 2.87. The zero-order chi connectivity index (χ0) is 22.5. The van der Waals surface area contributed by atoms with Crippen molar-refractivity contribution in [3.8, 4) is 11.3 Å². The van der Waals surface area contributed by atoms with Gasteiger partial charge in [-0.25, -0.2) is 23.7 Å². The van der Waals surface area contributed by atoms with E-state index in [1.165, 1.54) is 24.8 Å². The molecular formula is C21H17F5N6. The molecule has 6 nitrogen and oxygen atoms in total. The van der Waals surface area contributed by atoms with Gasteiger partial charge < -0.3 is 14.9 Å². The standard InChI is InChI=1S/C21H17F5N6/c22-14-2-1-12(7-13(14)21(24,25)26)16-9-28-18(31-16)11-3-5-32(6-4-11)20-17-15(23)8-27-19(17)29-10-30-20/h1-2,7-11H,3-6H2,(H,28,31)(H,27,29,30). The molecule has 11 heteroatoms. The molecule has 0 atom stereocenters. The number of nitrogens with zero attached hydrogens (tertiary/aromatic N) is 4. The minimum Gasteiger partial charge on any atom is -0.356 e. The van der Waals surface area contributed by atoms with Gasteiger partial charge in [0.05, 0.1) is 22.8 Å². The van der Waals surface area contributed by atoms with Gasteiger partial charge in [-0.1, -0.05) is 0 Å². The summed E-state index contributed by atoms with van der Waals surface area (Å²) in [4.78, 5) is 20.5. The van der Waals surface area contributed by atoms with E-state index in [0.717, 1.165) is 12.1 Å². The third kappa shape index (κ3) is 3.57. The van der Waals surface area contributed by atoms with Crippen LogP contribution in [-0.2, 0) is 6.18 Å². The summed E-state index contributed by atoms with van der Waals surface area (Å²) in [6.07, 6.45) is 0.707. The number of nitrogens with one attached hydrogen (secondary N) is 2. The van der Waals surface area contributed by atoms with Gasteiger partial charge in [-0.2, -0.15) is 13.2 Å². The largest absolute Gasteiger partial charge is 0.419 e. The third-order valence-corrected chi connectivity index (χ3v) is 5.76. The second-order valence-electron chi connectivity index (χ2n) is 7.69. The van der Waals surface area contributed by atoms with Gasteiger partial charge in [0, 0.05) is 30.8 Å². The molecule has 1 aliphatic rings. The Hall–Kier alpha value is -3.50. The lowest BCUT2D eigenvalue weighted by molar-refractivity contribution is -0.139. The lowest BCUT2D eigenvalue weighted by atomic mass is 9.96. The van der Waals surface area contributed by atoms with Crippen LogP contribution in [0.3, 0.4) is 0 Å². The number of benzene rings is 1. The Morgan fingerprint density at radius 2 is 1.78 bits per heavy atom. The molecule has 1 fully saturated rings. The molecule has 0 bridgehead atoms. The first-order valence-corrected chi connectivity index (χ1v) is 9.96. The molecule has 2 N–H and O–H groups in total. The van der Waals surface area contributed by atoms with Crippen molar-refractivity contribution in [3.63, 3.8) is 0 Å². The summed E-state index contributed by atoms with van der Waals surface area (Å²) in [5.41, 5.74) is -0.281. The Balaban J connectivity index is 1.33. The second kappa shape index (κ2) is 7.57. The zero-order valence-corrected chi connectivity index (χ0v) is 16.5. The van der Waals surface area contributed by atoms with Crippen LogP contribution in [0.1, 0.15) is 30.1 Å². The summed E-state index contributed by atoms with van der Waals surface area (Å²) >= 11 is 0. The molecule has 4 aromatic rings. The molecule has 4 heterocycles. The molecular weight excluding hydrogens is 431 g/mol. The quantitative estimate of drug-likeness (QED) is 0.431.